The number of oxime groups is 1. The van der Waals surface area contributed by atoms with Gasteiger partial charge in [-0.2, -0.15) is 0 Å². The van der Waals surface area contributed by atoms with Gasteiger partial charge in [-0.15, -0.1) is 0 Å². The van der Waals surface area contributed by atoms with Gasteiger partial charge in [0.2, 0.25) is 0 Å². The Kier molecular flexibility index (Phi) is 8.98. The van der Waals surface area contributed by atoms with Crippen molar-refractivity contribution >= 4 is 56.3 Å². The molecule has 1 unspecified atom stereocenters. The van der Waals surface area contributed by atoms with Crippen LogP contribution in [-0.2, 0) is 16.1 Å². The predicted octanol–water partition coefficient (Wildman–Crippen LogP) is 7.61. The number of nitrogens with one attached hydrogen (secondary N) is 1. The molecule has 0 aliphatic carbocycles. The molecule has 1 heterocycles. The Balaban J connectivity index is 1.60. The molecule has 43 heavy (non-hydrogen) atoms. The highest BCUT2D eigenvalue weighted by Gasteiger charge is 2.18. The van der Waals surface area contributed by atoms with Crippen molar-refractivity contribution in [3.05, 3.63) is 112 Å². The van der Waals surface area contributed by atoms with Crippen LogP contribution in [0.3, 0.4) is 0 Å². The molecule has 220 valence electrons. The van der Waals surface area contributed by atoms with Gasteiger partial charge in [0, 0.05) is 64.4 Å². The van der Waals surface area contributed by atoms with E-state index in [0.717, 1.165) is 44.2 Å². The monoisotopic (exact) mass is 596 g/mol. The van der Waals surface area contributed by atoms with Gasteiger partial charge >= 0.3 is 0 Å². The van der Waals surface area contributed by atoms with Crippen LogP contribution in [0.25, 0.3) is 21.8 Å². The third-order valence-electron chi connectivity index (χ3n) is 7.08. The summed E-state index contributed by atoms with van der Waals surface area (Å²) in [5.41, 5.74) is 5.76. The minimum atomic E-state index is -0.375. The summed E-state index contributed by atoms with van der Waals surface area (Å²) in [4.78, 5) is 17.0. The molecule has 0 bridgehead atoms. The quantitative estimate of drug-likeness (QED) is 0.0766. The second kappa shape index (κ2) is 13.0. The Morgan fingerprint density at radius 3 is 2.42 bits per heavy atom. The molecule has 0 radical (unpaired) electrons. The highest BCUT2D eigenvalue weighted by atomic mass is 32.1. The Morgan fingerprint density at radius 2 is 1.74 bits per heavy atom. The summed E-state index contributed by atoms with van der Waals surface area (Å²) in [6.45, 7) is 7.15. The lowest BCUT2D eigenvalue weighted by molar-refractivity contribution is -0.384. The van der Waals surface area contributed by atoms with Gasteiger partial charge in [0.25, 0.3) is 10.9 Å². The number of nitrogens with zero attached hydrogens (tertiary/aromatic N) is 3. The van der Waals surface area contributed by atoms with Crippen molar-refractivity contribution in [2.45, 2.75) is 33.4 Å². The zero-order valence-corrected chi connectivity index (χ0v) is 25.2. The number of ether oxygens (including phenoxy) is 2. The summed E-state index contributed by atoms with van der Waals surface area (Å²) in [5, 5.41) is 20.9. The summed E-state index contributed by atoms with van der Waals surface area (Å²) < 4.78 is 13.4. The first-order chi connectivity index (χ1) is 20.8. The van der Waals surface area contributed by atoms with E-state index in [-0.39, 0.29) is 21.9 Å². The van der Waals surface area contributed by atoms with E-state index in [1.54, 1.807) is 19.2 Å². The maximum atomic E-state index is 11.6. The number of para-hydroxylation sites is 1. The first-order valence-electron chi connectivity index (χ1n) is 13.9. The maximum absolute atomic E-state index is 11.6. The SMILES string of the molecule is CCn1c2ccc(/C(=N/OC(=S)Nc3ccccc3)c3ccc(OC(C)COC)cc3C)cc2c2cc([N+](=O)[O-])ccc21. The van der Waals surface area contributed by atoms with E-state index in [4.69, 9.17) is 26.5 Å². The number of non-ortho nitro benzene ring substituents is 1. The number of benzene rings is 4. The highest BCUT2D eigenvalue weighted by molar-refractivity contribution is 7.80. The fraction of sp³-hybridized carbons (Fsp3) is 0.212. The number of anilines is 1. The summed E-state index contributed by atoms with van der Waals surface area (Å²) in [6.07, 6.45) is -0.115. The first kappa shape index (κ1) is 29.7. The molecule has 10 heteroatoms. The number of fused-ring (bicyclic) bond motifs is 3. The Labute approximate surface area is 254 Å². The number of hydrogen-bond acceptors (Lipinski definition) is 7. The molecule has 9 nitrogen and oxygen atoms in total. The molecule has 1 N–H and O–H groups in total. The molecule has 5 rings (SSSR count). The van der Waals surface area contributed by atoms with Crippen LogP contribution in [-0.4, -0.2) is 40.2 Å². The molecule has 0 aliphatic rings. The normalized spacial score (nSPS) is 12.3. The Hall–Kier alpha value is -4.80. The smallest absolute Gasteiger partial charge is 0.293 e. The number of aromatic nitrogens is 1. The minimum absolute atomic E-state index is 0.0387. The van der Waals surface area contributed by atoms with Crippen LogP contribution in [0.2, 0.25) is 0 Å². The summed E-state index contributed by atoms with van der Waals surface area (Å²) in [7, 11) is 1.64. The second-order valence-corrected chi connectivity index (χ2v) is 10.5. The lowest BCUT2D eigenvalue weighted by Gasteiger charge is -2.16. The van der Waals surface area contributed by atoms with Crippen LogP contribution in [0.5, 0.6) is 5.75 Å². The topological polar surface area (TPSA) is 100 Å². The van der Waals surface area contributed by atoms with Gasteiger partial charge in [0.05, 0.1) is 11.5 Å². The van der Waals surface area contributed by atoms with Gasteiger partial charge in [-0.3, -0.25) is 10.1 Å². The Morgan fingerprint density at radius 1 is 1.02 bits per heavy atom. The van der Waals surface area contributed by atoms with Gasteiger partial charge in [-0.1, -0.05) is 29.4 Å². The molecule has 0 amide bonds. The molecular formula is C33H32N4O5S. The lowest BCUT2D eigenvalue weighted by Crippen LogP contribution is -2.18. The summed E-state index contributed by atoms with van der Waals surface area (Å²) >= 11 is 5.44. The Bertz CT molecular complexity index is 1830. The third-order valence-corrected chi connectivity index (χ3v) is 7.26. The van der Waals surface area contributed by atoms with Crippen molar-refractivity contribution in [1.29, 1.82) is 0 Å². The average molecular weight is 597 g/mol. The maximum Gasteiger partial charge on any atom is 0.293 e. The van der Waals surface area contributed by atoms with Crippen molar-refractivity contribution in [1.82, 2.24) is 4.57 Å². The number of aryl methyl sites for hydroxylation is 2. The standard InChI is InChI=1S/C33H32N4O5S/c1-5-36-30-15-11-23(18-28(30)29-19-25(37(38)39)12-16-31(29)36)32(35-42-33(43)34-24-9-7-6-8-10-24)27-14-13-26(17-21(27)2)41-22(3)20-40-4/h6-19,22H,5,20H2,1-4H3,(H,34,43)/b35-32-. The fourth-order valence-corrected chi connectivity index (χ4v) is 5.33. The largest absolute Gasteiger partial charge is 0.488 e. The van der Waals surface area contributed by atoms with Crippen LogP contribution in [0.15, 0.2) is 90.1 Å². The van der Waals surface area contributed by atoms with E-state index in [1.807, 2.05) is 80.6 Å². The zero-order chi connectivity index (χ0) is 30.5. The molecule has 0 aliphatic heterocycles. The second-order valence-electron chi connectivity index (χ2n) is 10.1. The van der Waals surface area contributed by atoms with E-state index in [9.17, 15) is 10.1 Å². The van der Waals surface area contributed by atoms with Gasteiger partial charge in [0.15, 0.2) is 0 Å². The van der Waals surface area contributed by atoms with Crippen LogP contribution in [0.4, 0.5) is 11.4 Å². The lowest BCUT2D eigenvalue weighted by atomic mass is 9.96. The van der Waals surface area contributed by atoms with Crippen LogP contribution in [0, 0.1) is 17.0 Å². The molecule has 1 aromatic heterocycles. The number of hydrogen-bond donors (Lipinski definition) is 1. The molecule has 0 spiro atoms. The zero-order valence-electron chi connectivity index (χ0n) is 24.4. The van der Waals surface area contributed by atoms with Crippen molar-refractivity contribution in [2.75, 3.05) is 19.0 Å². The van der Waals surface area contributed by atoms with Crippen LogP contribution >= 0.6 is 12.2 Å². The van der Waals surface area contributed by atoms with Crippen molar-refractivity contribution in [2.24, 2.45) is 5.16 Å². The third kappa shape index (κ3) is 6.50. The summed E-state index contributed by atoms with van der Waals surface area (Å²) in [6, 6.07) is 26.2. The van der Waals surface area contributed by atoms with Gasteiger partial charge in [-0.05, 0) is 87.1 Å². The fourth-order valence-electron chi connectivity index (χ4n) is 5.18. The van der Waals surface area contributed by atoms with Gasteiger partial charge in [-0.25, -0.2) is 0 Å². The number of methoxy groups -OCH3 is 1. The van der Waals surface area contributed by atoms with Crippen LogP contribution in [0.1, 0.15) is 30.5 Å². The van der Waals surface area contributed by atoms with E-state index in [2.05, 4.69) is 22.0 Å². The first-order valence-corrected chi connectivity index (χ1v) is 14.3. The number of nitro groups is 1. The van der Waals surface area contributed by atoms with E-state index < -0.39 is 0 Å². The van der Waals surface area contributed by atoms with Crippen molar-refractivity contribution < 1.29 is 19.2 Å². The van der Waals surface area contributed by atoms with Gasteiger partial charge in [0.1, 0.15) is 17.6 Å². The number of rotatable bonds is 10. The van der Waals surface area contributed by atoms with E-state index >= 15 is 0 Å². The van der Waals surface area contributed by atoms with E-state index in [0.29, 0.717) is 24.6 Å². The van der Waals surface area contributed by atoms with Crippen LogP contribution < -0.4 is 10.1 Å². The highest BCUT2D eigenvalue weighted by Crippen LogP contribution is 2.33. The number of thiocarbonyl (C=S) groups is 1. The summed E-state index contributed by atoms with van der Waals surface area (Å²) in [5.74, 6) is 0.709. The molecule has 0 saturated carbocycles. The van der Waals surface area contributed by atoms with Gasteiger partial charge < -0.3 is 24.2 Å². The average Bonchev–Trinajstić information content (AvgIpc) is 3.31. The molecule has 1 atom stereocenters. The molecule has 5 aromatic rings. The molecular weight excluding hydrogens is 564 g/mol. The predicted molar refractivity (Wildman–Crippen MR) is 174 cm³/mol. The van der Waals surface area contributed by atoms with Crippen molar-refractivity contribution in [3.63, 3.8) is 0 Å². The molecule has 0 saturated heterocycles. The van der Waals surface area contributed by atoms with Crippen molar-refractivity contribution in [3.8, 4) is 5.75 Å². The van der Waals surface area contributed by atoms with E-state index in [1.165, 1.54) is 6.07 Å². The number of nitro benzene ring substituents is 1. The minimum Gasteiger partial charge on any atom is -0.488 e. The molecule has 0 fully saturated rings. The molecule has 4 aromatic carbocycles.